The van der Waals surface area contributed by atoms with E-state index in [1.165, 1.54) is 0 Å². The fraction of sp³-hybridized carbons (Fsp3) is 0.409. The summed E-state index contributed by atoms with van der Waals surface area (Å²) in [5.41, 5.74) is 5.06. The second-order valence-corrected chi connectivity index (χ2v) is 8.23. The van der Waals surface area contributed by atoms with Crippen LogP contribution in [0.3, 0.4) is 0 Å². The summed E-state index contributed by atoms with van der Waals surface area (Å²) in [5, 5.41) is 19.6. The molecule has 0 bridgehead atoms. The number of aromatic nitrogens is 4. The third kappa shape index (κ3) is 4.24. The standard InChI is InChI=1S/C22H25N5O6/c1-12-8-16(27-11-24-17-18(23)25-13(2)26-19(17)27)33-15(12)10-32-22(20(28)29,21(30)31)9-14-6-4-3-5-7-14/h3-7,11-12,15-16H,8-10H2,1-2H3,(H,28,29)(H,30,31)(H2,23,25,26)/t12-,15+,16+/m0/s1. The van der Waals surface area contributed by atoms with Gasteiger partial charge in [-0.3, -0.25) is 4.57 Å². The quantitative estimate of drug-likeness (QED) is 0.427. The molecule has 1 aliphatic heterocycles. The van der Waals surface area contributed by atoms with Gasteiger partial charge in [0.1, 0.15) is 17.6 Å². The van der Waals surface area contributed by atoms with E-state index >= 15 is 0 Å². The molecule has 1 aliphatic rings. The van der Waals surface area contributed by atoms with E-state index < -0.39 is 29.9 Å². The minimum atomic E-state index is -2.43. The van der Waals surface area contributed by atoms with Crippen LogP contribution in [0.4, 0.5) is 5.82 Å². The summed E-state index contributed by atoms with van der Waals surface area (Å²) in [6.07, 6.45) is 0.871. The molecule has 1 aromatic carbocycles. The fourth-order valence-corrected chi connectivity index (χ4v) is 4.03. The number of rotatable bonds is 8. The Labute approximate surface area is 189 Å². The number of aryl methyl sites for hydroxylation is 1. The number of hydrogen-bond acceptors (Lipinski definition) is 8. The van der Waals surface area contributed by atoms with Crippen molar-refractivity contribution in [2.45, 2.75) is 44.6 Å². The highest BCUT2D eigenvalue weighted by molar-refractivity contribution is 6.02. The van der Waals surface area contributed by atoms with Gasteiger partial charge in [0.05, 0.1) is 19.0 Å². The lowest BCUT2D eigenvalue weighted by Gasteiger charge is -2.27. The number of carbonyl (C=O) groups is 2. The van der Waals surface area contributed by atoms with E-state index in [0.29, 0.717) is 29.0 Å². The molecule has 11 heteroatoms. The first-order valence-corrected chi connectivity index (χ1v) is 10.5. The van der Waals surface area contributed by atoms with Crippen molar-refractivity contribution in [1.29, 1.82) is 0 Å². The van der Waals surface area contributed by atoms with Crippen LogP contribution in [0.1, 0.15) is 31.0 Å². The van der Waals surface area contributed by atoms with Crippen LogP contribution in [0.5, 0.6) is 0 Å². The highest BCUT2D eigenvalue weighted by Gasteiger charge is 2.49. The van der Waals surface area contributed by atoms with Gasteiger partial charge in [0.15, 0.2) is 11.5 Å². The van der Waals surface area contributed by atoms with Crippen molar-refractivity contribution in [2.75, 3.05) is 12.3 Å². The van der Waals surface area contributed by atoms with E-state index in [4.69, 9.17) is 15.2 Å². The van der Waals surface area contributed by atoms with Gasteiger partial charge >= 0.3 is 11.9 Å². The number of anilines is 1. The minimum Gasteiger partial charge on any atom is -0.479 e. The lowest BCUT2D eigenvalue weighted by molar-refractivity contribution is -0.189. The first-order valence-electron chi connectivity index (χ1n) is 10.5. The van der Waals surface area contributed by atoms with Crippen molar-refractivity contribution >= 4 is 28.9 Å². The van der Waals surface area contributed by atoms with Crippen molar-refractivity contribution < 1.29 is 29.3 Å². The Kier molecular flexibility index (Phi) is 6.00. The number of hydrogen-bond donors (Lipinski definition) is 3. The molecule has 0 aliphatic carbocycles. The number of nitrogen functional groups attached to an aromatic ring is 1. The van der Waals surface area contributed by atoms with E-state index in [2.05, 4.69) is 15.0 Å². The molecule has 4 rings (SSSR count). The average molecular weight is 455 g/mol. The molecule has 0 radical (unpaired) electrons. The fourth-order valence-electron chi connectivity index (χ4n) is 4.03. The number of carboxylic acid groups (broad SMARTS) is 2. The van der Waals surface area contributed by atoms with Crippen LogP contribution in [0.2, 0.25) is 0 Å². The molecule has 33 heavy (non-hydrogen) atoms. The Hall–Kier alpha value is -3.57. The van der Waals surface area contributed by atoms with Crippen molar-refractivity contribution in [3.63, 3.8) is 0 Å². The monoisotopic (exact) mass is 455 g/mol. The van der Waals surface area contributed by atoms with E-state index in [0.717, 1.165) is 0 Å². The predicted molar refractivity (Wildman–Crippen MR) is 116 cm³/mol. The molecule has 11 nitrogen and oxygen atoms in total. The Morgan fingerprint density at radius 1 is 1.24 bits per heavy atom. The number of nitrogens with zero attached hydrogens (tertiary/aromatic N) is 4. The van der Waals surface area contributed by atoms with E-state index in [9.17, 15) is 19.8 Å². The van der Waals surface area contributed by atoms with Crippen LogP contribution in [-0.2, 0) is 25.5 Å². The third-order valence-corrected chi connectivity index (χ3v) is 5.89. The Balaban J connectivity index is 1.53. The maximum Gasteiger partial charge on any atom is 0.348 e. The van der Waals surface area contributed by atoms with Gasteiger partial charge in [0, 0.05) is 6.42 Å². The summed E-state index contributed by atoms with van der Waals surface area (Å²) in [5.74, 6) is -2.39. The van der Waals surface area contributed by atoms with Crippen molar-refractivity contribution in [3.8, 4) is 0 Å². The van der Waals surface area contributed by atoms with Gasteiger partial charge < -0.3 is 25.4 Å². The Morgan fingerprint density at radius 3 is 2.61 bits per heavy atom. The molecule has 3 heterocycles. The number of fused-ring (bicyclic) bond motifs is 1. The zero-order valence-electron chi connectivity index (χ0n) is 18.2. The number of imidazole rings is 1. The van der Waals surface area contributed by atoms with Crippen LogP contribution in [0.15, 0.2) is 36.7 Å². The minimum absolute atomic E-state index is 0.0373. The summed E-state index contributed by atoms with van der Waals surface area (Å²) >= 11 is 0. The smallest absolute Gasteiger partial charge is 0.348 e. The molecular weight excluding hydrogens is 430 g/mol. The summed E-state index contributed by atoms with van der Waals surface area (Å²) in [4.78, 5) is 36.9. The maximum absolute atomic E-state index is 12.0. The van der Waals surface area contributed by atoms with Gasteiger partial charge in [-0.25, -0.2) is 24.5 Å². The molecule has 0 unspecified atom stereocenters. The molecule has 1 fully saturated rings. The normalized spacial score (nSPS) is 20.8. The van der Waals surface area contributed by atoms with Crippen LogP contribution in [0, 0.1) is 12.8 Å². The molecule has 0 spiro atoms. The van der Waals surface area contributed by atoms with Crippen molar-refractivity contribution in [1.82, 2.24) is 19.5 Å². The van der Waals surface area contributed by atoms with E-state index in [-0.39, 0.29) is 24.8 Å². The molecule has 0 saturated carbocycles. The lowest BCUT2D eigenvalue weighted by Crippen LogP contribution is -2.52. The van der Waals surface area contributed by atoms with Gasteiger partial charge in [-0.05, 0) is 24.8 Å². The molecule has 4 N–H and O–H groups in total. The highest BCUT2D eigenvalue weighted by atomic mass is 16.6. The van der Waals surface area contributed by atoms with Crippen LogP contribution >= 0.6 is 0 Å². The molecule has 3 aromatic rings. The summed E-state index contributed by atoms with van der Waals surface area (Å²) in [6, 6.07) is 8.51. The second kappa shape index (κ2) is 8.75. The van der Waals surface area contributed by atoms with Gasteiger partial charge in [-0.2, -0.15) is 0 Å². The number of benzene rings is 1. The molecular formula is C22H25N5O6. The zero-order valence-corrected chi connectivity index (χ0v) is 18.2. The third-order valence-electron chi connectivity index (χ3n) is 5.89. The number of carboxylic acids is 2. The van der Waals surface area contributed by atoms with Gasteiger partial charge in [0.25, 0.3) is 5.60 Å². The molecule has 174 valence electrons. The van der Waals surface area contributed by atoms with Gasteiger partial charge in [-0.15, -0.1) is 0 Å². The summed E-state index contributed by atoms with van der Waals surface area (Å²) in [6.45, 7) is 3.46. The number of nitrogens with two attached hydrogens (primary N) is 1. The maximum atomic E-state index is 12.0. The second-order valence-electron chi connectivity index (χ2n) is 8.23. The predicted octanol–water partition coefficient (Wildman–Crippen LogP) is 1.81. The Morgan fingerprint density at radius 2 is 1.94 bits per heavy atom. The largest absolute Gasteiger partial charge is 0.479 e. The molecule has 2 aromatic heterocycles. The molecule has 3 atom stereocenters. The highest BCUT2D eigenvalue weighted by Crippen LogP contribution is 2.36. The zero-order chi connectivity index (χ0) is 23.8. The summed E-state index contributed by atoms with van der Waals surface area (Å²) in [7, 11) is 0. The number of aliphatic carboxylic acids is 2. The lowest BCUT2D eigenvalue weighted by atomic mass is 9.94. The Bertz CT molecular complexity index is 1170. The van der Waals surface area contributed by atoms with Gasteiger partial charge in [0.2, 0.25) is 0 Å². The van der Waals surface area contributed by atoms with Crippen LogP contribution in [-0.4, -0.2) is 60.0 Å². The SMILES string of the molecule is Cc1nc(N)c2ncn([C@H]3C[C@H](C)[C@@H](COC(Cc4ccccc4)(C(=O)O)C(=O)O)O3)c2n1. The van der Waals surface area contributed by atoms with Crippen molar-refractivity contribution in [3.05, 3.63) is 48.0 Å². The average Bonchev–Trinajstić information content (AvgIpc) is 3.34. The van der Waals surface area contributed by atoms with Crippen LogP contribution < -0.4 is 5.73 Å². The molecule has 1 saturated heterocycles. The summed E-state index contributed by atoms with van der Waals surface area (Å²) < 4.78 is 13.5. The van der Waals surface area contributed by atoms with Crippen LogP contribution in [0.25, 0.3) is 11.2 Å². The topological polar surface area (TPSA) is 163 Å². The van der Waals surface area contributed by atoms with Crippen molar-refractivity contribution in [2.24, 2.45) is 5.92 Å². The molecule has 0 amide bonds. The number of ether oxygens (including phenoxy) is 2. The first kappa shape index (κ1) is 22.6. The van der Waals surface area contributed by atoms with E-state index in [1.54, 1.807) is 48.1 Å². The van der Waals surface area contributed by atoms with E-state index in [1.807, 2.05) is 6.92 Å². The van der Waals surface area contributed by atoms with Gasteiger partial charge in [-0.1, -0.05) is 37.3 Å². The first-order chi connectivity index (χ1) is 15.7.